The number of ether oxygens (including phenoxy) is 1. The number of Topliss-reactive ketones (excluding diaryl/α,β-unsaturated/α-hetero) is 1. The van der Waals surface area contributed by atoms with Crippen LogP contribution in [0.25, 0.3) is 0 Å². The molecule has 0 radical (unpaired) electrons. The van der Waals surface area contributed by atoms with E-state index in [-0.39, 0.29) is 12.2 Å². The number of hydrogen-bond donors (Lipinski definition) is 0. The van der Waals surface area contributed by atoms with Gasteiger partial charge in [-0.3, -0.25) is 4.79 Å². The summed E-state index contributed by atoms with van der Waals surface area (Å²) >= 11 is 4.83. The van der Waals surface area contributed by atoms with Gasteiger partial charge in [0.2, 0.25) is 0 Å². The molecule has 0 N–H and O–H groups in total. The van der Waals surface area contributed by atoms with Gasteiger partial charge < -0.3 is 4.74 Å². The SMILES string of the molecule is C=CCCC(=O)CC(=S)OCC=C. The van der Waals surface area contributed by atoms with Crippen LogP contribution < -0.4 is 0 Å². The Hall–Kier alpha value is -0.960. The van der Waals surface area contributed by atoms with Gasteiger partial charge in [-0.15, -0.1) is 6.58 Å². The highest BCUT2D eigenvalue weighted by molar-refractivity contribution is 7.80. The monoisotopic (exact) mass is 198 g/mol. The maximum Gasteiger partial charge on any atom is 0.167 e. The summed E-state index contributed by atoms with van der Waals surface area (Å²) in [7, 11) is 0. The summed E-state index contributed by atoms with van der Waals surface area (Å²) in [6, 6.07) is 0. The summed E-state index contributed by atoms with van der Waals surface area (Å²) in [4.78, 5) is 11.1. The summed E-state index contributed by atoms with van der Waals surface area (Å²) in [6.45, 7) is 7.38. The molecule has 72 valence electrons. The van der Waals surface area contributed by atoms with Gasteiger partial charge >= 0.3 is 0 Å². The number of ketones is 1. The number of thiocarbonyl (C=S) groups is 1. The van der Waals surface area contributed by atoms with E-state index >= 15 is 0 Å². The Bertz CT molecular complexity index is 187. The molecule has 0 unspecified atom stereocenters. The first-order valence-corrected chi connectivity index (χ1v) is 4.50. The predicted octanol–water partition coefficient (Wildman–Crippen LogP) is 2.44. The van der Waals surface area contributed by atoms with Gasteiger partial charge in [0, 0.05) is 6.42 Å². The van der Waals surface area contributed by atoms with Gasteiger partial charge in [0.25, 0.3) is 0 Å². The number of hydrogen-bond acceptors (Lipinski definition) is 3. The second kappa shape index (κ2) is 7.68. The second-order valence-corrected chi connectivity index (χ2v) is 2.97. The highest BCUT2D eigenvalue weighted by atomic mass is 32.1. The molecule has 0 amide bonds. The molecule has 0 fully saturated rings. The Balaban J connectivity index is 3.58. The largest absolute Gasteiger partial charge is 0.483 e. The zero-order valence-corrected chi connectivity index (χ0v) is 8.44. The van der Waals surface area contributed by atoms with Crippen LogP contribution in [0.1, 0.15) is 19.3 Å². The molecule has 13 heavy (non-hydrogen) atoms. The van der Waals surface area contributed by atoms with Crippen molar-refractivity contribution in [2.75, 3.05) is 6.61 Å². The van der Waals surface area contributed by atoms with Crippen molar-refractivity contribution >= 4 is 23.1 Å². The molecule has 0 spiro atoms. The molecule has 2 nitrogen and oxygen atoms in total. The van der Waals surface area contributed by atoms with Crippen molar-refractivity contribution in [3.8, 4) is 0 Å². The highest BCUT2D eigenvalue weighted by Gasteiger charge is 2.05. The second-order valence-electron chi connectivity index (χ2n) is 2.51. The summed E-state index contributed by atoms with van der Waals surface area (Å²) in [5.41, 5.74) is 0. The Morgan fingerprint density at radius 2 is 2.08 bits per heavy atom. The van der Waals surface area contributed by atoms with Crippen molar-refractivity contribution in [3.63, 3.8) is 0 Å². The van der Waals surface area contributed by atoms with Crippen LogP contribution in [-0.4, -0.2) is 17.4 Å². The lowest BCUT2D eigenvalue weighted by atomic mass is 10.2. The van der Waals surface area contributed by atoms with Gasteiger partial charge in [0.05, 0.1) is 6.42 Å². The summed E-state index contributed by atoms with van der Waals surface area (Å²) in [5, 5.41) is 0.342. The van der Waals surface area contributed by atoms with Gasteiger partial charge in [-0.05, 0) is 18.6 Å². The van der Waals surface area contributed by atoms with E-state index in [1.54, 1.807) is 12.2 Å². The number of carbonyl (C=O) groups is 1. The van der Waals surface area contributed by atoms with E-state index < -0.39 is 0 Å². The molecule has 0 heterocycles. The predicted molar refractivity (Wildman–Crippen MR) is 57.8 cm³/mol. The summed E-state index contributed by atoms with van der Waals surface area (Å²) in [6.07, 6.45) is 4.72. The molecule has 0 aliphatic carbocycles. The summed E-state index contributed by atoms with van der Waals surface area (Å²) in [5.74, 6) is 0.0916. The van der Waals surface area contributed by atoms with Crippen LogP contribution in [0, 0.1) is 0 Å². The van der Waals surface area contributed by atoms with Gasteiger partial charge in [-0.25, -0.2) is 0 Å². The van der Waals surface area contributed by atoms with Crippen LogP contribution in [-0.2, 0) is 9.53 Å². The molecule has 0 aromatic rings. The maximum atomic E-state index is 11.1. The Labute approximate surface area is 84.3 Å². The van der Waals surface area contributed by atoms with Crippen molar-refractivity contribution in [1.82, 2.24) is 0 Å². The van der Waals surface area contributed by atoms with Crippen LogP contribution in [0.2, 0.25) is 0 Å². The van der Waals surface area contributed by atoms with Crippen LogP contribution in [0.3, 0.4) is 0 Å². The fourth-order valence-electron chi connectivity index (χ4n) is 0.715. The highest BCUT2D eigenvalue weighted by Crippen LogP contribution is 1.99. The quantitative estimate of drug-likeness (QED) is 0.464. The smallest absolute Gasteiger partial charge is 0.167 e. The first-order chi connectivity index (χ1) is 6.20. The zero-order chi connectivity index (χ0) is 10.1. The minimum Gasteiger partial charge on any atom is -0.483 e. The third kappa shape index (κ3) is 7.40. The van der Waals surface area contributed by atoms with E-state index in [1.807, 2.05) is 0 Å². The molecule has 0 aromatic carbocycles. The van der Waals surface area contributed by atoms with Crippen molar-refractivity contribution in [3.05, 3.63) is 25.3 Å². The Morgan fingerprint density at radius 1 is 1.38 bits per heavy atom. The zero-order valence-electron chi connectivity index (χ0n) is 7.62. The average Bonchev–Trinajstić information content (AvgIpc) is 2.11. The minimum absolute atomic E-state index is 0.0916. The van der Waals surface area contributed by atoms with E-state index in [0.29, 0.717) is 24.5 Å². The molecule has 0 rings (SSSR count). The van der Waals surface area contributed by atoms with E-state index in [2.05, 4.69) is 13.2 Å². The number of rotatable bonds is 7. The van der Waals surface area contributed by atoms with Gasteiger partial charge in [0.1, 0.15) is 12.4 Å². The summed E-state index contributed by atoms with van der Waals surface area (Å²) < 4.78 is 5.01. The average molecular weight is 198 g/mol. The number of allylic oxidation sites excluding steroid dienone is 1. The lowest BCUT2D eigenvalue weighted by Crippen LogP contribution is -2.08. The molecule has 0 bridgehead atoms. The molecule has 0 atom stereocenters. The third-order valence-corrected chi connectivity index (χ3v) is 1.59. The molecule has 0 aromatic heterocycles. The van der Waals surface area contributed by atoms with Gasteiger partial charge in [-0.1, -0.05) is 18.7 Å². The fraction of sp³-hybridized carbons (Fsp3) is 0.400. The van der Waals surface area contributed by atoms with Crippen molar-refractivity contribution in [2.24, 2.45) is 0 Å². The third-order valence-electron chi connectivity index (χ3n) is 1.33. The van der Waals surface area contributed by atoms with Gasteiger partial charge in [-0.2, -0.15) is 0 Å². The lowest BCUT2D eigenvalue weighted by molar-refractivity contribution is -0.118. The molecule has 0 saturated carbocycles. The van der Waals surface area contributed by atoms with Crippen molar-refractivity contribution in [2.45, 2.75) is 19.3 Å². The molecule has 0 aliphatic heterocycles. The molecule has 3 heteroatoms. The Morgan fingerprint density at radius 3 is 2.62 bits per heavy atom. The minimum atomic E-state index is 0.0916. The van der Waals surface area contributed by atoms with E-state index in [4.69, 9.17) is 17.0 Å². The lowest BCUT2D eigenvalue weighted by Gasteiger charge is -2.02. The van der Waals surface area contributed by atoms with Crippen LogP contribution in [0.5, 0.6) is 0 Å². The number of carbonyl (C=O) groups excluding carboxylic acids is 1. The van der Waals surface area contributed by atoms with E-state index in [0.717, 1.165) is 0 Å². The molecular formula is C10H14O2S. The van der Waals surface area contributed by atoms with Crippen molar-refractivity contribution in [1.29, 1.82) is 0 Å². The fourth-order valence-corrected chi connectivity index (χ4v) is 0.944. The molecular weight excluding hydrogens is 184 g/mol. The van der Waals surface area contributed by atoms with Crippen LogP contribution in [0.4, 0.5) is 0 Å². The molecule has 0 saturated heterocycles. The van der Waals surface area contributed by atoms with Gasteiger partial charge in [0.15, 0.2) is 5.05 Å². The molecule has 0 aliphatic rings. The topological polar surface area (TPSA) is 26.3 Å². The normalized spacial score (nSPS) is 8.92. The van der Waals surface area contributed by atoms with E-state index in [1.165, 1.54) is 0 Å². The Kier molecular flexibility index (Phi) is 7.11. The van der Waals surface area contributed by atoms with Crippen LogP contribution in [0.15, 0.2) is 25.3 Å². The maximum absolute atomic E-state index is 11.1. The first-order valence-electron chi connectivity index (χ1n) is 4.09. The standard InChI is InChI=1S/C10H14O2S/c1-3-5-6-9(11)8-10(13)12-7-4-2/h3-4H,1-2,5-8H2. The van der Waals surface area contributed by atoms with Crippen LogP contribution >= 0.6 is 12.2 Å². The van der Waals surface area contributed by atoms with E-state index in [9.17, 15) is 4.79 Å². The first kappa shape index (κ1) is 12.0. The van der Waals surface area contributed by atoms with Crippen molar-refractivity contribution < 1.29 is 9.53 Å².